The third kappa shape index (κ3) is 3.10. The van der Waals surface area contributed by atoms with E-state index in [1.54, 1.807) is 6.07 Å². The quantitative estimate of drug-likeness (QED) is 0.787. The zero-order valence-electron chi connectivity index (χ0n) is 12.4. The number of rotatable bonds is 3. The van der Waals surface area contributed by atoms with Gasteiger partial charge in [-0.3, -0.25) is 0 Å². The van der Waals surface area contributed by atoms with E-state index in [9.17, 15) is 4.79 Å². The molecule has 1 N–H and O–H groups in total. The highest BCUT2D eigenvalue weighted by molar-refractivity contribution is 6.33. The molecule has 0 fully saturated rings. The van der Waals surface area contributed by atoms with Crippen LogP contribution >= 0.6 is 11.6 Å². The highest BCUT2D eigenvalue weighted by atomic mass is 35.5. The summed E-state index contributed by atoms with van der Waals surface area (Å²) in [5, 5.41) is 10.5. The highest BCUT2D eigenvalue weighted by Gasteiger charge is 2.14. The lowest BCUT2D eigenvalue weighted by molar-refractivity contribution is 0.153. The van der Waals surface area contributed by atoms with Crippen molar-refractivity contribution in [2.24, 2.45) is 0 Å². The minimum Gasteiger partial charge on any atom is -0.465 e. The number of hydrogen-bond donors (Lipinski definition) is 1. The number of carboxylic acid groups (broad SMARTS) is 1. The van der Waals surface area contributed by atoms with E-state index in [0.717, 1.165) is 16.5 Å². The molecule has 1 amide bonds. The molecule has 0 aliphatic carbocycles. The van der Waals surface area contributed by atoms with Gasteiger partial charge in [-0.15, -0.1) is 0 Å². The molecule has 6 heteroatoms. The van der Waals surface area contributed by atoms with Crippen LogP contribution in [0, 0.1) is 0 Å². The number of benzene rings is 2. The summed E-state index contributed by atoms with van der Waals surface area (Å²) in [6, 6.07) is 14.9. The van der Waals surface area contributed by atoms with Crippen LogP contribution in [0.5, 0.6) is 0 Å². The summed E-state index contributed by atoms with van der Waals surface area (Å²) in [5.74, 6) is 0.489. The molecular weight excluding hydrogens is 314 g/mol. The monoisotopic (exact) mass is 327 g/mol. The molecule has 0 bridgehead atoms. The van der Waals surface area contributed by atoms with Gasteiger partial charge in [0.15, 0.2) is 5.82 Å². The van der Waals surface area contributed by atoms with Crippen molar-refractivity contribution >= 4 is 28.6 Å². The molecule has 0 unspecified atom stereocenters. The van der Waals surface area contributed by atoms with E-state index in [1.807, 2.05) is 42.5 Å². The molecule has 0 aliphatic heterocycles. The third-order valence-corrected chi connectivity index (χ3v) is 3.84. The second-order valence-electron chi connectivity index (χ2n) is 5.13. The second-order valence-corrected chi connectivity index (χ2v) is 5.54. The molecule has 0 saturated carbocycles. The summed E-state index contributed by atoms with van der Waals surface area (Å²) < 4.78 is 0. The SMILES string of the molecule is CN(Cc1nc(-c2ccccc2Cl)nc2ccccc12)C(=O)O. The van der Waals surface area contributed by atoms with Gasteiger partial charge in [-0.05, 0) is 18.2 Å². The summed E-state index contributed by atoms with van der Waals surface area (Å²) >= 11 is 6.23. The summed E-state index contributed by atoms with van der Waals surface area (Å²) in [6.45, 7) is 0.176. The van der Waals surface area contributed by atoms with E-state index in [1.165, 1.54) is 11.9 Å². The van der Waals surface area contributed by atoms with Crippen LogP contribution in [0.25, 0.3) is 22.3 Å². The molecule has 0 atom stereocenters. The summed E-state index contributed by atoms with van der Waals surface area (Å²) in [4.78, 5) is 21.4. The maximum atomic E-state index is 11.1. The minimum absolute atomic E-state index is 0.176. The number of nitrogens with zero attached hydrogens (tertiary/aromatic N) is 3. The van der Waals surface area contributed by atoms with Gasteiger partial charge in [0.25, 0.3) is 0 Å². The number of carbonyl (C=O) groups is 1. The minimum atomic E-state index is -1.01. The predicted molar refractivity (Wildman–Crippen MR) is 89.5 cm³/mol. The molecule has 1 heterocycles. The molecule has 23 heavy (non-hydrogen) atoms. The van der Waals surface area contributed by atoms with Crippen LogP contribution in [0.2, 0.25) is 5.02 Å². The Bertz CT molecular complexity index is 883. The van der Waals surface area contributed by atoms with Gasteiger partial charge < -0.3 is 10.0 Å². The van der Waals surface area contributed by atoms with Crippen LogP contribution in [0.1, 0.15) is 5.69 Å². The van der Waals surface area contributed by atoms with Crippen LogP contribution in [-0.4, -0.2) is 33.1 Å². The molecule has 0 radical (unpaired) electrons. The van der Waals surface area contributed by atoms with Crippen LogP contribution < -0.4 is 0 Å². The van der Waals surface area contributed by atoms with E-state index in [2.05, 4.69) is 9.97 Å². The first-order valence-corrected chi connectivity index (χ1v) is 7.38. The lowest BCUT2D eigenvalue weighted by atomic mass is 10.1. The number of para-hydroxylation sites is 1. The van der Waals surface area contributed by atoms with Crippen molar-refractivity contribution in [2.45, 2.75) is 6.54 Å². The van der Waals surface area contributed by atoms with Crippen molar-refractivity contribution in [2.75, 3.05) is 7.05 Å². The van der Waals surface area contributed by atoms with Gasteiger partial charge >= 0.3 is 6.09 Å². The fourth-order valence-corrected chi connectivity index (χ4v) is 2.54. The standard InChI is InChI=1S/C17H14ClN3O2/c1-21(17(22)23)10-15-12-7-3-5-9-14(12)19-16(20-15)11-6-2-4-8-13(11)18/h2-9H,10H2,1H3,(H,22,23). The normalized spacial score (nSPS) is 10.7. The first kappa shape index (κ1) is 15.2. The molecular formula is C17H14ClN3O2. The molecule has 0 spiro atoms. The van der Waals surface area contributed by atoms with Crippen LogP contribution in [-0.2, 0) is 6.54 Å². The third-order valence-electron chi connectivity index (χ3n) is 3.51. The highest BCUT2D eigenvalue weighted by Crippen LogP contribution is 2.27. The van der Waals surface area contributed by atoms with Crippen molar-refractivity contribution in [3.05, 3.63) is 59.2 Å². The van der Waals surface area contributed by atoms with Crippen molar-refractivity contribution in [1.82, 2.24) is 14.9 Å². The van der Waals surface area contributed by atoms with Gasteiger partial charge in [-0.2, -0.15) is 0 Å². The summed E-state index contributed by atoms with van der Waals surface area (Å²) in [7, 11) is 1.51. The molecule has 0 aliphatic rings. The van der Waals surface area contributed by atoms with Gasteiger partial charge in [0, 0.05) is 18.0 Å². The average molecular weight is 328 g/mol. The Balaban J connectivity index is 2.18. The van der Waals surface area contributed by atoms with Crippen LogP contribution in [0.3, 0.4) is 0 Å². The van der Waals surface area contributed by atoms with E-state index < -0.39 is 6.09 Å². The van der Waals surface area contributed by atoms with E-state index in [0.29, 0.717) is 16.5 Å². The topological polar surface area (TPSA) is 66.3 Å². The molecule has 3 rings (SSSR count). The van der Waals surface area contributed by atoms with E-state index in [4.69, 9.17) is 16.7 Å². The smallest absolute Gasteiger partial charge is 0.407 e. The number of amides is 1. The largest absolute Gasteiger partial charge is 0.465 e. The Morgan fingerprint density at radius 2 is 1.83 bits per heavy atom. The van der Waals surface area contributed by atoms with E-state index in [-0.39, 0.29) is 6.54 Å². The number of aromatic nitrogens is 2. The zero-order chi connectivity index (χ0) is 16.4. The van der Waals surface area contributed by atoms with Gasteiger partial charge in [0.05, 0.1) is 22.8 Å². The fraction of sp³-hybridized carbons (Fsp3) is 0.118. The molecule has 2 aromatic carbocycles. The Hall–Kier alpha value is -2.66. The van der Waals surface area contributed by atoms with Crippen molar-refractivity contribution in [3.63, 3.8) is 0 Å². The van der Waals surface area contributed by atoms with Crippen molar-refractivity contribution in [3.8, 4) is 11.4 Å². The molecule has 1 aromatic heterocycles. The van der Waals surface area contributed by atoms with Crippen LogP contribution in [0.4, 0.5) is 4.79 Å². The lowest BCUT2D eigenvalue weighted by Crippen LogP contribution is -2.24. The van der Waals surface area contributed by atoms with Gasteiger partial charge in [0.1, 0.15) is 0 Å². The predicted octanol–water partition coefficient (Wildman–Crippen LogP) is 4.06. The number of fused-ring (bicyclic) bond motifs is 1. The van der Waals surface area contributed by atoms with Gasteiger partial charge in [0.2, 0.25) is 0 Å². The summed E-state index contributed by atoms with van der Waals surface area (Å²) in [6.07, 6.45) is -1.01. The zero-order valence-corrected chi connectivity index (χ0v) is 13.2. The average Bonchev–Trinajstić information content (AvgIpc) is 2.55. The number of halogens is 1. The summed E-state index contributed by atoms with van der Waals surface area (Å²) in [5.41, 5.74) is 2.13. The lowest BCUT2D eigenvalue weighted by Gasteiger charge is -2.15. The molecule has 116 valence electrons. The second kappa shape index (κ2) is 6.22. The van der Waals surface area contributed by atoms with Gasteiger partial charge in [-0.25, -0.2) is 14.8 Å². The molecule has 5 nitrogen and oxygen atoms in total. The Morgan fingerprint density at radius 3 is 2.57 bits per heavy atom. The Morgan fingerprint density at radius 1 is 1.13 bits per heavy atom. The van der Waals surface area contributed by atoms with E-state index >= 15 is 0 Å². The molecule has 0 saturated heterocycles. The van der Waals surface area contributed by atoms with Crippen molar-refractivity contribution in [1.29, 1.82) is 0 Å². The maximum absolute atomic E-state index is 11.1. The maximum Gasteiger partial charge on any atom is 0.407 e. The number of hydrogen-bond acceptors (Lipinski definition) is 3. The first-order valence-electron chi connectivity index (χ1n) is 7.01. The van der Waals surface area contributed by atoms with Gasteiger partial charge in [-0.1, -0.05) is 41.9 Å². The fourth-order valence-electron chi connectivity index (χ4n) is 2.32. The van der Waals surface area contributed by atoms with Crippen molar-refractivity contribution < 1.29 is 9.90 Å². The van der Waals surface area contributed by atoms with Crippen LogP contribution in [0.15, 0.2) is 48.5 Å². The Kier molecular flexibility index (Phi) is 4.12. The Labute approximate surface area is 138 Å². The first-order chi connectivity index (χ1) is 11.1. The molecule has 3 aromatic rings.